The number of carbonyl (C=O) groups is 1. The molecule has 2 atom stereocenters. The van der Waals surface area contributed by atoms with Crippen molar-refractivity contribution in [1.29, 1.82) is 0 Å². The number of nitrogens with one attached hydrogen (secondary N) is 1. The summed E-state index contributed by atoms with van der Waals surface area (Å²) in [5, 5.41) is 3.36. The molecule has 0 radical (unpaired) electrons. The Hall–Kier alpha value is -0.570. The summed E-state index contributed by atoms with van der Waals surface area (Å²) in [7, 11) is 1.91. The van der Waals surface area contributed by atoms with Crippen LogP contribution in [0.3, 0.4) is 0 Å². The first kappa shape index (κ1) is 11.5. The lowest BCUT2D eigenvalue weighted by Gasteiger charge is -2.32. The Labute approximate surface area is 86.9 Å². The predicted octanol–water partition coefficient (Wildman–Crippen LogP) is 1.24. The minimum absolute atomic E-state index is 0.195. The molecule has 0 aromatic rings. The van der Waals surface area contributed by atoms with E-state index in [4.69, 9.17) is 0 Å². The number of rotatable bonds is 3. The van der Waals surface area contributed by atoms with Gasteiger partial charge in [-0.1, -0.05) is 6.92 Å². The van der Waals surface area contributed by atoms with E-state index in [0.717, 1.165) is 32.4 Å². The number of hydrogen-bond donors (Lipinski definition) is 1. The Kier molecular flexibility index (Phi) is 4.39. The second-order valence-electron chi connectivity index (χ2n) is 4.25. The van der Waals surface area contributed by atoms with Gasteiger partial charge in [-0.15, -0.1) is 0 Å². The number of hydrogen-bond acceptors (Lipinski definition) is 2. The molecule has 0 aliphatic carbocycles. The molecule has 0 spiro atoms. The fourth-order valence-corrected chi connectivity index (χ4v) is 2.11. The third-order valence-electron chi connectivity index (χ3n) is 3.01. The highest BCUT2D eigenvalue weighted by atomic mass is 16.2. The van der Waals surface area contributed by atoms with Crippen molar-refractivity contribution in [3.63, 3.8) is 0 Å². The molecule has 0 saturated carbocycles. The summed E-state index contributed by atoms with van der Waals surface area (Å²) in [4.78, 5) is 13.9. The van der Waals surface area contributed by atoms with E-state index in [1.165, 1.54) is 0 Å². The van der Waals surface area contributed by atoms with Gasteiger partial charge in [0, 0.05) is 19.6 Å². The summed E-state index contributed by atoms with van der Waals surface area (Å²) < 4.78 is 0. The molecule has 0 aromatic heterocycles. The highest BCUT2D eigenvalue weighted by molar-refractivity contribution is 5.79. The molecule has 14 heavy (non-hydrogen) atoms. The number of carbonyl (C=O) groups excluding carboxylic acids is 1. The Morgan fingerprint density at radius 3 is 2.86 bits per heavy atom. The van der Waals surface area contributed by atoms with Crippen LogP contribution in [0.2, 0.25) is 0 Å². The molecule has 2 unspecified atom stereocenters. The Balaban J connectivity index is 2.49. The summed E-state index contributed by atoms with van der Waals surface area (Å²) in [5.74, 6) is 0.506. The van der Waals surface area contributed by atoms with Gasteiger partial charge in [0.1, 0.15) is 0 Å². The Morgan fingerprint density at radius 1 is 1.57 bits per heavy atom. The molecule has 3 heteroatoms. The van der Waals surface area contributed by atoms with Gasteiger partial charge < -0.3 is 10.2 Å². The van der Waals surface area contributed by atoms with Crippen molar-refractivity contribution in [2.45, 2.75) is 39.2 Å². The zero-order valence-corrected chi connectivity index (χ0v) is 9.55. The summed E-state index contributed by atoms with van der Waals surface area (Å²) in [6.45, 7) is 6.15. The molecular formula is C11H22N2O. The van der Waals surface area contributed by atoms with Gasteiger partial charge in [-0.05, 0) is 32.7 Å². The summed E-state index contributed by atoms with van der Waals surface area (Å²) in [6.07, 6.45) is 3.21. The fraction of sp³-hybridized carbons (Fsp3) is 0.909. The topological polar surface area (TPSA) is 32.3 Å². The van der Waals surface area contributed by atoms with Gasteiger partial charge in [0.05, 0.1) is 5.92 Å². The van der Waals surface area contributed by atoms with E-state index in [1.807, 2.05) is 11.9 Å². The SMILES string of the molecule is CCCN(C)C(=O)C1CCCNC1C. The molecule has 3 nitrogen and oxygen atoms in total. The van der Waals surface area contributed by atoms with Crippen LogP contribution in [0.4, 0.5) is 0 Å². The van der Waals surface area contributed by atoms with Gasteiger partial charge in [-0.25, -0.2) is 0 Å². The number of amides is 1. The van der Waals surface area contributed by atoms with E-state index in [-0.39, 0.29) is 5.92 Å². The van der Waals surface area contributed by atoms with Crippen molar-refractivity contribution in [2.75, 3.05) is 20.1 Å². The minimum atomic E-state index is 0.195. The minimum Gasteiger partial charge on any atom is -0.345 e. The second-order valence-corrected chi connectivity index (χ2v) is 4.25. The third kappa shape index (κ3) is 2.71. The highest BCUT2D eigenvalue weighted by Gasteiger charge is 2.29. The molecule has 1 amide bonds. The van der Waals surface area contributed by atoms with Crippen molar-refractivity contribution in [2.24, 2.45) is 5.92 Å². The monoisotopic (exact) mass is 198 g/mol. The number of nitrogens with zero attached hydrogens (tertiary/aromatic N) is 1. The van der Waals surface area contributed by atoms with Crippen LogP contribution < -0.4 is 5.32 Å². The lowest BCUT2D eigenvalue weighted by molar-refractivity contribution is -0.135. The van der Waals surface area contributed by atoms with Crippen molar-refractivity contribution in [1.82, 2.24) is 10.2 Å². The normalized spacial score (nSPS) is 27.4. The first-order valence-corrected chi connectivity index (χ1v) is 5.65. The molecule has 1 rings (SSSR count). The van der Waals surface area contributed by atoms with Gasteiger partial charge in [0.2, 0.25) is 5.91 Å². The Bertz CT molecular complexity index is 194. The van der Waals surface area contributed by atoms with Crippen LogP contribution in [-0.4, -0.2) is 37.0 Å². The molecular weight excluding hydrogens is 176 g/mol. The summed E-state index contributed by atoms with van der Waals surface area (Å²) in [5.41, 5.74) is 0. The van der Waals surface area contributed by atoms with Crippen LogP contribution in [0.5, 0.6) is 0 Å². The maximum Gasteiger partial charge on any atom is 0.226 e. The summed E-state index contributed by atoms with van der Waals surface area (Å²) >= 11 is 0. The van der Waals surface area contributed by atoms with E-state index < -0.39 is 0 Å². The zero-order valence-electron chi connectivity index (χ0n) is 9.55. The van der Waals surface area contributed by atoms with Gasteiger partial charge in [0.25, 0.3) is 0 Å². The van der Waals surface area contributed by atoms with E-state index >= 15 is 0 Å². The number of piperidine rings is 1. The molecule has 0 bridgehead atoms. The highest BCUT2D eigenvalue weighted by Crippen LogP contribution is 2.18. The molecule has 1 saturated heterocycles. The average Bonchev–Trinajstić information content (AvgIpc) is 2.18. The van der Waals surface area contributed by atoms with Gasteiger partial charge in [0.15, 0.2) is 0 Å². The van der Waals surface area contributed by atoms with E-state index in [2.05, 4.69) is 19.2 Å². The van der Waals surface area contributed by atoms with E-state index in [0.29, 0.717) is 11.9 Å². The third-order valence-corrected chi connectivity index (χ3v) is 3.01. The lowest BCUT2D eigenvalue weighted by Crippen LogP contribution is -2.47. The van der Waals surface area contributed by atoms with E-state index in [1.54, 1.807) is 0 Å². The Morgan fingerprint density at radius 2 is 2.29 bits per heavy atom. The average molecular weight is 198 g/mol. The first-order valence-electron chi connectivity index (χ1n) is 5.65. The smallest absolute Gasteiger partial charge is 0.226 e. The van der Waals surface area contributed by atoms with E-state index in [9.17, 15) is 4.79 Å². The van der Waals surface area contributed by atoms with Crippen LogP contribution in [0.25, 0.3) is 0 Å². The fourth-order valence-electron chi connectivity index (χ4n) is 2.11. The molecule has 1 aliphatic heterocycles. The maximum absolute atomic E-state index is 12.0. The molecule has 1 heterocycles. The second kappa shape index (κ2) is 5.35. The molecule has 0 aromatic carbocycles. The molecule has 82 valence electrons. The lowest BCUT2D eigenvalue weighted by atomic mass is 9.91. The molecule has 1 aliphatic rings. The van der Waals surface area contributed by atoms with Crippen molar-refractivity contribution < 1.29 is 4.79 Å². The van der Waals surface area contributed by atoms with Crippen molar-refractivity contribution in [3.05, 3.63) is 0 Å². The maximum atomic E-state index is 12.0. The van der Waals surface area contributed by atoms with Crippen LogP contribution in [-0.2, 0) is 4.79 Å². The van der Waals surface area contributed by atoms with Gasteiger partial charge >= 0.3 is 0 Å². The van der Waals surface area contributed by atoms with Gasteiger partial charge in [-0.2, -0.15) is 0 Å². The zero-order chi connectivity index (χ0) is 10.6. The first-order chi connectivity index (χ1) is 6.66. The van der Waals surface area contributed by atoms with Crippen molar-refractivity contribution >= 4 is 5.91 Å². The standard InChI is InChI=1S/C11H22N2O/c1-4-8-13(3)11(14)10-6-5-7-12-9(10)2/h9-10,12H,4-8H2,1-3H3. The van der Waals surface area contributed by atoms with Gasteiger partial charge in [-0.3, -0.25) is 4.79 Å². The van der Waals surface area contributed by atoms with Crippen molar-refractivity contribution in [3.8, 4) is 0 Å². The van der Waals surface area contributed by atoms with Crippen LogP contribution in [0.15, 0.2) is 0 Å². The summed E-state index contributed by atoms with van der Waals surface area (Å²) in [6, 6.07) is 0.343. The predicted molar refractivity (Wildman–Crippen MR) is 58.1 cm³/mol. The van der Waals surface area contributed by atoms with Crippen LogP contribution >= 0.6 is 0 Å². The largest absolute Gasteiger partial charge is 0.345 e. The van der Waals surface area contributed by atoms with Crippen LogP contribution in [0.1, 0.15) is 33.1 Å². The van der Waals surface area contributed by atoms with Crippen LogP contribution in [0, 0.1) is 5.92 Å². The molecule has 1 fully saturated rings. The quantitative estimate of drug-likeness (QED) is 0.740. The molecule has 1 N–H and O–H groups in total.